The molecular weight excluding hydrogens is 300 g/mol. The molecule has 0 unspecified atom stereocenters. The molecule has 3 rings (SSSR count). The molecule has 0 aliphatic rings. The minimum absolute atomic E-state index is 0.0141. The number of nitrogen functional groups attached to an aromatic ring is 2. The number of pyridine rings is 1. The van der Waals surface area contributed by atoms with Crippen LogP contribution in [0, 0.1) is 18.6 Å². The standard InChI is InChI=1S/C16H17F2N5/c1-7(2)23-15-8(3)6-21-16(20)13(15)14(22-23)9-4-11(18)12(19)5-10(9)17/h4-7H,19H2,1-3H3,(H2,20,21). The first-order valence-electron chi connectivity index (χ1n) is 7.19. The number of hydrogen-bond acceptors (Lipinski definition) is 4. The highest BCUT2D eigenvalue weighted by Gasteiger charge is 2.22. The van der Waals surface area contributed by atoms with Gasteiger partial charge in [0.25, 0.3) is 0 Å². The lowest BCUT2D eigenvalue weighted by molar-refractivity contribution is 0.550. The van der Waals surface area contributed by atoms with Gasteiger partial charge in [0.05, 0.1) is 16.6 Å². The number of fused-ring (bicyclic) bond motifs is 1. The van der Waals surface area contributed by atoms with Gasteiger partial charge in [-0.3, -0.25) is 4.68 Å². The average molecular weight is 317 g/mol. The van der Waals surface area contributed by atoms with E-state index >= 15 is 0 Å². The van der Waals surface area contributed by atoms with Gasteiger partial charge in [-0.1, -0.05) is 0 Å². The quantitative estimate of drug-likeness (QED) is 0.709. The van der Waals surface area contributed by atoms with Crippen LogP contribution in [0.1, 0.15) is 25.5 Å². The highest BCUT2D eigenvalue weighted by atomic mass is 19.1. The minimum Gasteiger partial charge on any atom is -0.396 e. The molecular formula is C16H17F2N5. The molecule has 0 fully saturated rings. The van der Waals surface area contributed by atoms with Gasteiger partial charge in [0.15, 0.2) is 0 Å². The molecule has 2 heterocycles. The summed E-state index contributed by atoms with van der Waals surface area (Å²) in [5, 5.41) is 4.98. The number of rotatable bonds is 2. The molecule has 1 aromatic carbocycles. The molecule has 0 radical (unpaired) electrons. The zero-order valence-corrected chi connectivity index (χ0v) is 13.1. The van der Waals surface area contributed by atoms with Crippen molar-refractivity contribution in [2.45, 2.75) is 26.8 Å². The average Bonchev–Trinajstić information content (AvgIpc) is 2.88. The fourth-order valence-corrected chi connectivity index (χ4v) is 2.65. The van der Waals surface area contributed by atoms with Gasteiger partial charge >= 0.3 is 0 Å². The van der Waals surface area contributed by atoms with Crippen molar-refractivity contribution in [3.63, 3.8) is 0 Å². The molecule has 0 atom stereocenters. The topological polar surface area (TPSA) is 82.8 Å². The number of anilines is 2. The second-order valence-electron chi connectivity index (χ2n) is 5.79. The predicted octanol–water partition coefficient (Wildman–Crippen LogP) is 3.43. The van der Waals surface area contributed by atoms with Gasteiger partial charge in [-0.15, -0.1) is 0 Å². The summed E-state index contributed by atoms with van der Waals surface area (Å²) in [5.41, 5.74) is 13.0. The summed E-state index contributed by atoms with van der Waals surface area (Å²) in [4.78, 5) is 4.12. The normalized spacial score (nSPS) is 11.6. The Kier molecular flexibility index (Phi) is 3.43. The molecule has 3 aromatic rings. The molecule has 2 aromatic heterocycles. The highest BCUT2D eigenvalue weighted by Crippen LogP contribution is 2.36. The van der Waals surface area contributed by atoms with E-state index in [9.17, 15) is 8.78 Å². The van der Waals surface area contributed by atoms with Gasteiger partial charge in [0.1, 0.15) is 23.1 Å². The summed E-state index contributed by atoms with van der Waals surface area (Å²) >= 11 is 0. The van der Waals surface area contributed by atoms with Crippen molar-refractivity contribution in [2.75, 3.05) is 11.5 Å². The number of nitrogens with two attached hydrogens (primary N) is 2. The lowest BCUT2D eigenvalue weighted by Crippen LogP contribution is -2.04. The van der Waals surface area contributed by atoms with E-state index in [2.05, 4.69) is 10.1 Å². The van der Waals surface area contributed by atoms with E-state index in [1.165, 1.54) is 0 Å². The van der Waals surface area contributed by atoms with Crippen LogP contribution >= 0.6 is 0 Å². The highest BCUT2D eigenvalue weighted by molar-refractivity contribution is 6.01. The Bertz CT molecular complexity index is 915. The van der Waals surface area contributed by atoms with Crippen LogP contribution in [0.3, 0.4) is 0 Å². The fourth-order valence-electron chi connectivity index (χ4n) is 2.65. The van der Waals surface area contributed by atoms with Crippen LogP contribution in [0.25, 0.3) is 22.2 Å². The molecule has 0 aliphatic carbocycles. The summed E-state index contributed by atoms with van der Waals surface area (Å²) in [5.74, 6) is -1.13. The zero-order valence-electron chi connectivity index (χ0n) is 13.1. The number of aryl methyl sites for hydroxylation is 1. The third-order valence-corrected chi connectivity index (χ3v) is 3.77. The second-order valence-corrected chi connectivity index (χ2v) is 5.79. The smallest absolute Gasteiger partial charge is 0.146 e. The molecule has 4 N–H and O–H groups in total. The molecule has 7 heteroatoms. The monoisotopic (exact) mass is 317 g/mol. The minimum atomic E-state index is -0.701. The first-order valence-corrected chi connectivity index (χ1v) is 7.19. The number of hydrogen-bond donors (Lipinski definition) is 2. The number of nitrogens with zero attached hydrogens (tertiary/aromatic N) is 3. The van der Waals surface area contributed by atoms with Crippen LogP contribution in [0.4, 0.5) is 20.3 Å². The molecule has 0 saturated heterocycles. The summed E-state index contributed by atoms with van der Waals surface area (Å²) < 4.78 is 29.9. The van der Waals surface area contributed by atoms with E-state index in [-0.39, 0.29) is 28.8 Å². The van der Waals surface area contributed by atoms with E-state index in [1.807, 2.05) is 20.8 Å². The van der Waals surface area contributed by atoms with Crippen molar-refractivity contribution in [3.05, 3.63) is 35.5 Å². The first kappa shape index (κ1) is 15.2. The van der Waals surface area contributed by atoms with E-state index in [4.69, 9.17) is 11.5 Å². The van der Waals surface area contributed by atoms with Crippen LogP contribution in [0.5, 0.6) is 0 Å². The summed E-state index contributed by atoms with van der Waals surface area (Å²) in [6.45, 7) is 5.78. The van der Waals surface area contributed by atoms with Crippen LogP contribution < -0.4 is 11.5 Å². The molecule has 0 aliphatic heterocycles. The fraction of sp³-hybridized carbons (Fsp3) is 0.250. The SMILES string of the molecule is Cc1cnc(N)c2c(-c3cc(F)c(N)cc3F)nn(C(C)C)c12. The Morgan fingerprint density at radius 1 is 1.13 bits per heavy atom. The summed E-state index contributed by atoms with van der Waals surface area (Å²) in [6, 6.07) is 2.01. The molecule has 0 bridgehead atoms. The van der Waals surface area contributed by atoms with E-state index in [0.717, 1.165) is 23.2 Å². The first-order chi connectivity index (χ1) is 10.8. The van der Waals surface area contributed by atoms with Crippen molar-refractivity contribution in [1.29, 1.82) is 0 Å². The lowest BCUT2D eigenvalue weighted by atomic mass is 10.1. The summed E-state index contributed by atoms with van der Waals surface area (Å²) in [7, 11) is 0. The molecule has 5 nitrogen and oxygen atoms in total. The van der Waals surface area contributed by atoms with Gasteiger partial charge in [-0.05, 0) is 32.4 Å². The maximum Gasteiger partial charge on any atom is 0.146 e. The lowest BCUT2D eigenvalue weighted by Gasteiger charge is -2.08. The Morgan fingerprint density at radius 3 is 2.48 bits per heavy atom. The molecule has 0 amide bonds. The van der Waals surface area contributed by atoms with Crippen molar-refractivity contribution < 1.29 is 8.78 Å². The van der Waals surface area contributed by atoms with E-state index < -0.39 is 11.6 Å². The van der Waals surface area contributed by atoms with Crippen molar-refractivity contribution in [3.8, 4) is 11.3 Å². The maximum atomic E-state index is 14.3. The third-order valence-electron chi connectivity index (χ3n) is 3.77. The molecule has 23 heavy (non-hydrogen) atoms. The van der Waals surface area contributed by atoms with Gasteiger partial charge in [-0.2, -0.15) is 5.10 Å². The summed E-state index contributed by atoms with van der Waals surface area (Å²) in [6.07, 6.45) is 1.64. The van der Waals surface area contributed by atoms with E-state index in [1.54, 1.807) is 10.9 Å². The van der Waals surface area contributed by atoms with Crippen LogP contribution in [-0.2, 0) is 0 Å². The number of aromatic nitrogens is 3. The van der Waals surface area contributed by atoms with Gasteiger partial charge in [0.2, 0.25) is 0 Å². The molecule has 0 spiro atoms. The van der Waals surface area contributed by atoms with Gasteiger partial charge in [0, 0.05) is 23.9 Å². The van der Waals surface area contributed by atoms with Crippen LogP contribution in [0.2, 0.25) is 0 Å². The third kappa shape index (κ3) is 2.28. The van der Waals surface area contributed by atoms with Gasteiger partial charge in [-0.25, -0.2) is 13.8 Å². The zero-order chi connectivity index (χ0) is 16.9. The number of halogens is 2. The van der Waals surface area contributed by atoms with Gasteiger partial charge < -0.3 is 11.5 Å². The molecule has 120 valence electrons. The Morgan fingerprint density at radius 2 is 1.83 bits per heavy atom. The van der Waals surface area contributed by atoms with Crippen LogP contribution in [-0.4, -0.2) is 14.8 Å². The predicted molar refractivity (Wildman–Crippen MR) is 86.8 cm³/mol. The van der Waals surface area contributed by atoms with E-state index in [0.29, 0.717) is 5.39 Å². The maximum absolute atomic E-state index is 14.3. The van der Waals surface area contributed by atoms with Crippen molar-refractivity contribution in [2.24, 2.45) is 0 Å². The number of benzene rings is 1. The largest absolute Gasteiger partial charge is 0.396 e. The molecule has 0 saturated carbocycles. The van der Waals surface area contributed by atoms with Crippen molar-refractivity contribution in [1.82, 2.24) is 14.8 Å². The Labute approximate surface area is 131 Å². The van der Waals surface area contributed by atoms with Crippen LogP contribution in [0.15, 0.2) is 18.3 Å². The second kappa shape index (κ2) is 5.19. The Balaban J connectivity index is 2.44. The van der Waals surface area contributed by atoms with Crippen molar-refractivity contribution >= 4 is 22.4 Å². The Hall–Kier alpha value is -2.70.